The molecule has 0 bridgehead atoms. The highest BCUT2D eigenvalue weighted by molar-refractivity contribution is 9.10. The van der Waals surface area contributed by atoms with Crippen molar-refractivity contribution in [1.82, 2.24) is 9.97 Å². The summed E-state index contributed by atoms with van der Waals surface area (Å²) in [6.45, 7) is 6.21. The molecule has 1 N–H and O–H groups in total. The molecule has 2 aromatic rings. The van der Waals surface area contributed by atoms with Crippen molar-refractivity contribution in [3.8, 4) is 6.07 Å². The van der Waals surface area contributed by atoms with E-state index >= 15 is 0 Å². The van der Waals surface area contributed by atoms with Gasteiger partial charge in [-0.3, -0.25) is 0 Å². The van der Waals surface area contributed by atoms with E-state index in [2.05, 4.69) is 58.1 Å². The Morgan fingerprint density at radius 2 is 1.80 bits per heavy atom. The van der Waals surface area contributed by atoms with Gasteiger partial charge in [0.2, 0.25) is 0 Å². The minimum absolute atomic E-state index is 0.120. The fourth-order valence-corrected chi connectivity index (χ4v) is 1.98. The van der Waals surface area contributed by atoms with Gasteiger partial charge in [0.25, 0.3) is 0 Å². The number of hydrogen-bond donors (Lipinski definition) is 1. The topological polar surface area (TPSA) is 61.6 Å². The van der Waals surface area contributed by atoms with Gasteiger partial charge in [-0.1, -0.05) is 20.8 Å². The lowest BCUT2D eigenvalue weighted by Gasteiger charge is -2.18. The largest absolute Gasteiger partial charge is 0.340 e. The molecule has 0 saturated heterocycles. The van der Waals surface area contributed by atoms with E-state index in [1.807, 2.05) is 18.2 Å². The summed E-state index contributed by atoms with van der Waals surface area (Å²) in [6, 6.07) is 11.2. The Morgan fingerprint density at radius 1 is 1.15 bits per heavy atom. The van der Waals surface area contributed by atoms with Crippen LogP contribution >= 0.6 is 15.9 Å². The van der Waals surface area contributed by atoms with E-state index in [0.717, 1.165) is 21.9 Å². The molecule has 0 atom stereocenters. The summed E-state index contributed by atoms with van der Waals surface area (Å²) < 4.78 is 0.744. The zero-order valence-electron chi connectivity index (χ0n) is 11.6. The van der Waals surface area contributed by atoms with Crippen LogP contribution in [-0.4, -0.2) is 9.97 Å². The van der Waals surface area contributed by atoms with Crippen LogP contribution in [0.5, 0.6) is 0 Å². The van der Waals surface area contributed by atoms with Crippen molar-refractivity contribution in [2.45, 2.75) is 26.2 Å². The second kappa shape index (κ2) is 5.59. The maximum atomic E-state index is 8.78. The molecule has 5 heteroatoms. The summed E-state index contributed by atoms with van der Waals surface area (Å²) >= 11 is 3.41. The number of rotatable bonds is 2. The second-order valence-electron chi connectivity index (χ2n) is 5.46. The zero-order valence-corrected chi connectivity index (χ0v) is 13.2. The molecule has 0 aliphatic carbocycles. The average molecular weight is 331 g/mol. The Kier molecular flexibility index (Phi) is 4.05. The first-order valence-corrected chi connectivity index (χ1v) is 7.00. The molecule has 1 aromatic heterocycles. The number of anilines is 2. The molecule has 0 unspecified atom stereocenters. The first kappa shape index (κ1) is 14.5. The third-order valence-electron chi connectivity index (χ3n) is 2.65. The Balaban J connectivity index is 2.29. The first-order valence-electron chi connectivity index (χ1n) is 6.21. The molecule has 2 rings (SSSR count). The number of nitrogens with zero attached hydrogens (tertiary/aromatic N) is 3. The van der Waals surface area contributed by atoms with Crippen molar-refractivity contribution in [1.29, 1.82) is 5.26 Å². The van der Waals surface area contributed by atoms with Gasteiger partial charge in [0, 0.05) is 17.2 Å². The monoisotopic (exact) mass is 330 g/mol. The van der Waals surface area contributed by atoms with Gasteiger partial charge in [0.15, 0.2) is 0 Å². The Hall–Kier alpha value is -1.93. The Morgan fingerprint density at radius 3 is 2.35 bits per heavy atom. The highest BCUT2D eigenvalue weighted by Crippen LogP contribution is 2.24. The van der Waals surface area contributed by atoms with E-state index < -0.39 is 0 Å². The van der Waals surface area contributed by atoms with E-state index in [1.165, 1.54) is 0 Å². The van der Waals surface area contributed by atoms with Gasteiger partial charge < -0.3 is 5.32 Å². The lowest BCUT2D eigenvalue weighted by Crippen LogP contribution is -2.16. The lowest BCUT2D eigenvalue weighted by molar-refractivity contribution is 0.544. The van der Waals surface area contributed by atoms with Gasteiger partial charge in [-0.15, -0.1) is 0 Å². The van der Waals surface area contributed by atoms with E-state index in [9.17, 15) is 0 Å². The van der Waals surface area contributed by atoms with Crippen LogP contribution in [0.15, 0.2) is 34.9 Å². The molecule has 1 aromatic carbocycles. The summed E-state index contributed by atoms with van der Waals surface area (Å²) in [5.74, 6) is 1.49. The summed E-state index contributed by atoms with van der Waals surface area (Å²) in [4.78, 5) is 8.92. The van der Waals surface area contributed by atoms with Crippen molar-refractivity contribution in [3.05, 3.63) is 46.3 Å². The number of hydrogen-bond acceptors (Lipinski definition) is 4. The van der Waals surface area contributed by atoms with Crippen molar-refractivity contribution in [2.75, 3.05) is 5.32 Å². The van der Waals surface area contributed by atoms with Gasteiger partial charge in [-0.05, 0) is 40.2 Å². The highest BCUT2D eigenvalue weighted by Gasteiger charge is 2.18. The van der Waals surface area contributed by atoms with Crippen LogP contribution in [-0.2, 0) is 5.41 Å². The summed E-state index contributed by atoms with van der Waals surface area (Å²) in [6.07, 6.45) is 0. The van der Waals surface area contributed by atoms with Gasteiger partial charge in [-0.2, -0.15) is 5.26 Å². The van der Waals surface area contributed by atoms with Gasteiger partial charge >= 0.3 is 0 Å². The van der Waals surface area contributed by atoms with Crippen molar-refractivity contribution in [2.24, 2.45) is 0 Å². The van der Waals surface area contributed by atoms with Crippen molar-refractivity contribution < 1.29 is 0 Å². The molecule has 0 radical (unpaired) electrons. The molecule has 0 aliphatic rings. The smallest absolute Gasteiger partial charge is 0.137 e. The second-order valence-corrected chi connectivity index (χ2v) is 6.28. The lowest BCUT2D eigenvalue weighted by atomic mass is 9.96. The number of aromatic nitrogens is 2. The maximum Gasteiger partial charge on any atom is 0.137 e. The molecule has 0 aliphatic heterocycles. The molecule has 0 spiro atoms. The van der Waals surface area contributed by atoms with E-state index in [-0.39, 0.29) is 5.41 Å². The summed E-state index contributed by atoms with van der Waals surface area (Å²) in [7, 11) is 0. The van der Waals surface area contributed by atoms with Crippen molar-refractivity contribution >= 4 is 27.4 Å². The number of benzene rings is 1. The predicted molar refractivity (Wildman–Crippen MR) is 82.9 cm³/mol. The quantitative estimate of drug-likeness (QED) is 0.840. The van der Waals surface area contributed by atoms with E-state index in [4.69, 9.17) is 5.26 Å². The van der Waals surface area contributed by atoms with Crippen LogP contribution < -0.4 is 5.32 Å². The Labute approximate surface area is 127 Å². The minimum Gasteiger partial charge on any atom is -0.340 e. The normalized spacial score (nSPS) is 10.9. The fraction of sp³-hybridized carbons (Fsp3) is 0.267. The van der Waals surface area contributed by atoms with Crippen LogP contribution in [0.2, 0.25) is 0 Å². The predicted octanol–water partition coefficient (Wildman–Crippen LogP) is 4.15. The van der Waals surface area contributed by atoms with Gasteiger partial charge in [0.05, 0.1) is 11.6 Å². The van der Waals surface area contributed by atoms with Gasteiger partial charge in [-0.25, -0.2) is 9.97 Å². The molecular weight excluding hydrogens is 316 g/mol. The highest BCUT2D eigenvalue weighted by atomic mass is 79.9. The van der Waals surface area contributed by atoms with Gasteiger partial charge in [0.1, 0.15) is 16.2 Å². The average Bonchev–Trinajstić information content (AvgIpc) is 2.38. The number of nitrogens with one attached hydrogen (secondary N) is 1. The first-order chi connectivity index (χ1) is 9.38. The van der Waals surface area contributed by atoms with E-state index in [0.29, 0.717) is 5.56 Å². The number of halogens is 1. The summed E-state index contributed by atoms with van der Waals surface area (Å²) in [5, 5.41) is 12.0. The van der Waals surface area contributed by atoms with Crippen LogP contribution in [0, 0.1) is 11.3 Å². The van der Waals surface area contributed by atoms with Crippen LogP contribution in [0.25, 0.3) is 0 Å². The fourth-order valence-electron chi connectivity index (χ4n) is 1.59. The molecule has 102 valence electrons. The van der Waals surface area contributed by atoms with Crippen LogP contribution in [0.1, 0.15) is 32.2 Å². The molecule has 1 heterocycles. The van der Waals surface area contributed by atoms with Crippen molar-refractivity contribution in [3.63, 3.8) is 0 Å². The maximum absolute atomic E-state index is 8.78. The van der Waals surface area contributed by atoms with Crippen LogP contribution in [0.4, 0.5) is 11.5 Å². The molecule has 4 nitrogen and oxygen atoms in total. The third-order valence-corrected chi connectivity index (χ3v) is 3.06. The van der Waals surface area contributed by atoms with Crippen LogP contribution in [0.3, 0.4) is 0 Å². The molecule has 0 fully saturated rings. The molecular formula is C15H15BrN4. The Bertz CT molecular complexity index is 651. The number of nitriles is 1. The SMILES string of the molecule is CC(C)(C)c1nc(Br)cc(Nc2ccc(C#N)cc2)n1. The molecule has 20 heavy (non-hydrogen) atoms. The van der Waals surface area contributed by atoms with E-state index in [1.54, 1.807) is 12.1 Å². The standard InChI is InChI=1S/C15H15BrN4/c1-15(2,3)14-19-12(16)8-13(20-14)18-11-6-4-10(9-17)5-7-11/h4-8H,1-3H3,(H,18,19,20). The molecule has 0 amide bonds. The zero-order chi connectivity index (χ0) is 14.8. The molecule has 0 saturated carbocycles. The summed E-state index contributed by atoms with van der Waals surface area (Å²) in [5.41, 5.74) is 1.40. The minimum atomic E-state index is -0.120. The third kappa shape index (κ3) is 3.55.